The lowest BCUT2D eigenvalue weighted by atomic mass is 9.98. The summed E-state index contributed by atoms with van der Waals surface area (Å²) in [5.41, 5.74) is 0. The van der Waals surface area contributed by atoms with Gasteiger partial charge in [0.1, 0.15) is 6.54 Å². The second-order valence-electron chi connectivity index (χ2n) is 4.96. The Labute approximate surface area is 104 Å². The highest BCUT2D eigenvalue weighted by molar-refractivity contribution is 5.76. The van der Waals surface area contributed by atoms with Crippen LogP contribution in [0, 0.1) is 5.92 Å². The number of halogens is 3. The lowest BCUT2D eigenvalue weighted by Crippen LogP contribution is -2.41. The normalized spacial score (nSPS) is 22.9. The molecule has 104 valence electrons. The topological polar surface area (TPSA) is 35.6 Å². The molecule has 2 fully saturated rings. The summed E-state index contributed by atoms with van der Waals surface area (Å²) in [5, 5.41) is 3.23. The number of hydrogen-bond acceptors (Lipinski definition) is 2. The Bertz CT molecular complexity index is 302. The average Bonchev–Trinajstić information content (AvgIpc) is 2.61. The van der Waals surface area contributed by atoms with Gasteiger partial charge in [0, 0.05) is 19.6 Å². The number of nitrogens with zero attached hydrogens (tertiary/aromatic N) is 2. The van der Waals surface area contributed by atoms with E-state index in [1.54, 1.807) is 4.90 Å². The maximum absolute atomic E-state index is 12.2. The minimum atomic E-state index is -4.31. The number of piperidine rings is 1. The van der Waals surface area contributed by atoms with Crippen LogP contribution in [0.1, 0.15) is 12.8 Å². The van der Waals surface area contributed by atoms with Gasteiger partial charge in [-0.3, -0.25) is 0 Å². The van der Waals surface area contributed by atoms with Gasteiger partial charge in [-0.15, -0.1) is 0 Å². The molecule has 0 atom stereocenters. The molecule has 1 N–H and O–H groups in total. The van der Waals surface area contributed by atoms with Crippen LogP contribution in [0.4, 0.5) is 18.0 Å². The van der Waals surface area contributed by atoms with E-state index in [4.69, 9.17) is 0 Å². The van der Waals surface area contributed by atoms with E-state index in [1.807, 2.05) is 0 Å². The van der Waals surface area contributed by atoms with E-state index in [0.29, 0.717) is 19.0 Å². The Morgan fingerprint density at radius 1 is 1.17 bits per heavy atom. The summed E-state index contributed by atoms with van der Waals surface area (Å²) in [7, 11) is 0. The highest BCUT2D eigenvalue weighted by atomic mass is 19.4. The lowest BCUT2D eigenvalue weighted by molar-refractivity contribution is -0.138. The fraction of sp³-hybridized carbons (Fsp3) is 0.909. The number of carbonyl (C=O) groups excluding carboxylic acids is 1. The fourth-order valence-corrected chi connectivity index (χ4v) is 2.54. The Morgan fingerprint density at radius 3 is 2.39 bits per heavy atom. The molecule has 0 aliphatic carbocycles. The summed E-state index contributed by atoms with van der Waals surface area (Å²) >= 11 is 0. The predicted molar refractivity (Wildman–Crippen MR) is 60.2 cm³/mol. The van der Waals surface area contributed by atoms with Crippen LogP contribution in [0.15, 0.2) is 0 Å². The number of amides is 2. The van der Waals surface area contributed by atoms with Gasteiger partial charge in [-0.05, 0) is 31.8 Å². The quantitative estimate of drug-likeness (QED) is 0.834. The zero-order valence-corrected chi connectivity index (χ0v) is 10.2. The van der Waals surface area contributed by atoms with Gasteiger partial charge in [-0.25, -0.2) is 4.79 Å². The molecule has 2 aliphatic heterocycles. The second-order valence-corrected chi connectivity index (χ2v) is 4.96. The molecule has 2 amide bonds. The molecule has 0 spiro atoms. The zero-order valence-electron chi connectivity index (χ0n) is 10.2. The van der Waals surface area contributed by atoms with Gasteiger partial charge in [-0.1, -0.05) is 0 Å². The summed E-state index contributed by atoms with van der Waals surface area (Å²) in [5.74, 6) is 0.418. The highest BCUT2D eigenvalue weighted by Gasteiger charge is 2.38. The van der Waals surface area contributed by atoms with Crippen LogP contribution >= 0.6 is 0 Å². The minimum Gasteiger partial charge on any atom is -0.323 e. The first-order chi connectivity index (χ1) is 8.46. The third-order valence-corrected chi connectivity index (χ3v) is 3.49. The first kappa shape index (κ1) is 13.5. The molecule has 0 aromatic heterocycles. The molecule has 2 rings (SSSR count). The summed E-state index contributed by atoms with van der Waals surface area (Å²) in [6, 6.07) is -0.467. The number of nitrogens with one attached hydrogen (secondary N) is 1. The van der Waals surface area contributed by atoms with E-state index >= 15 is 0 Å². The van der Waals surface area contributed by atoms with E-state index in [0.717, 1.165) is 30.8 Å². The Hall–Kier alpha value is -0.980. The summed E-state index contributed by atoms with van der Waals surface area (Å²) in [6.45, 7) is 1.92. The number of hydrogen-bond donors (Lipinski definition) is 1. The van der Waals surface area contributed by atoms with Crippen molar-refractivity contribution in [3.8, 4) is 0 Å². The third-order valence-electron chi connectivity index (χ3n) is 3.49. The van der Waals surface area contributed by atoms with Crippen LogP contribution in [-0.2, 0) is 0 Å². The molecule has 0 saturated carbocycles. The van der Waals surface area contributed by atoms with Gasteiger partial charge in [0.05, 0.1) is 0 Å². The van der Waals surface area contributed by atoms with Crippen molar-refractivity contribution in [1.82, 2.24) is 15.1 Å². The molecular weight excluding hydrogens is 247 g/mol. The van der Waals surface area contributed by atoms with E-state index in [9.17, 15) is 18.0 Å². The number of rotatable bonds is 3. The van der Waals surface area contributed by atoms with E-state index in [1.165, 1.54) is 0 Å². The van der Waals surface area contributed by atoms with Gasteiger partial charge >= 0.3 is 12.2 Å². The van der Waals surface area contributed by atoms with Crippen LogP contribution in [0.25, 0.3) is 0 Å². The maximum atomic E-state index is 12.2. The molecule has 4 nitrogen and oxygen atoms in total. The average molecular weight is 265 g/mol. The molecule has 0 aromatic rings. The molecule has 2 heterocycles. The molecule has 2 aliphatic rings. The number of alkyl halides is 3. The van der Waals surface area contributed by atoms with Crippen molar-refractivity contribution in [3.05, 3.63) is 0 Å². The van der Waals surface area contributed by atoms with E-state index in [2.05, 4.69) is 5.32 Å². The third kappa shape index (κ3) is 3.51. The van der Waals surface area contributed by atoms with Crippen LogP contribution in [0.2, 0.25) is 0 Å². The van der Waals surface area contributed by atoms with Gasteiger partial charge in [-0.2, -0.15) is 13.2 Å². The molecule has 0 radical (unpaired) electrons. The fourth-order valence-electron chi connectivity index (χ4n) is 2.54. The van der Waals surface area contributed by atoms with Crippen molar-refractivity contribution >= 4 is 6.03 Å². The lowest BCUT2D eigenvalue weighted by Gasteiger charge is -2.27. The molecule has 0 unspecified atom stereocenters. The molecular formula is C11H18F3N3O. The van der Waals surface area contributed by atoms with Crippen molar-refractivity contribution in [3.63, 3.8) is 0 Å². The number of urea groups is 1. The van der Waals surface area contributed by atoms with Crippen molar-refractivity contribution in [2.24, 2.45) is 5.92 Å². The minimum absolute atomic E-state index is 0.184. The summed E-state index contributed by atoms with van der Waals surface area (Å²) in [4.78, 5) is 14.2. The maximum Gasteiger partial charge on any atom is 0.406 e. The van der Waals surface area contributed by atoms with Gasteiger partial charge < -0.3 is 15.1 Å². The Balaban J connectivity index is 1.83. The first-order valence-electron chi connectivity index (χ1n) is 6.27. The van der Waals surface area contributed by atoms with Crippen molar-refractivity contribution in [2.75, 3.05) is 39.3 Å². The van der Waals surface area contributed by atoms with E-state index in [-0.39, 0.29) is 6.54 Å². The molecule has 18 heavy (non-hydrogen) atoms. The van der Waals surface area contributed by atoms with Crippen molar-refractivity contribution in [1.29, 1.82) is 0 Å². The van der Waals surface area contributed by atoms with Crippen molar-refractivity contribution < 1.29 is 18.0 Å². The molecule has 7 heteroatoms. The highest BCUT2D eigenvalue weighted by Crippen LogP contribution is 2.22. The zero-order chi connectivity index (χ0) is 13.2. The SMILES string of the molecule is O=C1N(CC2CCNCC2)CCN1CC(F)(F)F. The Kier molecular flexibility index (Phi) is 3.99. The molecule has 2 saturated heterocycles. The number of carbonyl (C=O) groups is 1. The van der Waals surface area contributed by atoms with Crippen LogP contribution in [-0.4, -0.2) is 61.3 Å². The van der Waals surface area contributed by atoms with Crippen LogP contribution < -0.4 is 5.32 Å². The van der Waals surface area contributed by atoms with Crippen LogP contribution in [0.5, 0.6) is 0 Å². The predicted octanol–water partition coefficient (Wildman–Crippen LogP) is 1.29. The largest absolute Gasteiger partial charge is 0.406 e. The van der Waals surface area contributed by atoms with Gasteiger partial charge in [0.15, 0.2) is 0 Å². The first-order valence-corrected chi connectivity index (χ1v) is 6.27. The molecule has 0 bridgehead atoms. The van der Waals surface area contributed by atoms with Crippen molar-refractivity contribution in [2.45, 2.75) is 19.0 Å². The van der Waals surface area contributed by atoms with Gasteiger partial charge in [0.25, 0.3) is 0 Å². The van der Waals surface area contributed by atoms with Gasteiger partial charge in [0.2, 0.25) is 0 Å². The Morgan fingerprint density at radius 2 is 1.78 bits per heavy atom. The molecule has 0 aromatic carbocycles. The monoisotopic (exact) mass is 265 g/mol. The standard InChI is InChI=1S/C11H18F3N3O/c12-11(13,14)8-17-6-5-16(10(17)18)7-9-1-3-15-4-2-9/h9,15H,1-8H2. The van der Waals surface area contributed by atoms with Crippen LogP contribution in [0.3, 0.4) is 0 Å². The smallest absolute Gasteiger partial charge is 0.323 e. The van der Waals surface area contributed by atoms with E-state index < -0.39 is 18.8 Å². The summed E-state index contributed by atoms with van der Waals surface area (Å²) < 4.78 is 36.7. The summed E-state index contributed by atoms with van der Waals surface area (Å²) in [6.07, 6.45) is -2.33. The second kappa shape index (κ2) is 5.34.